The molecule has 0 fully saturated rings. The molecule has 0 radical (unpaired) electrons. The molecule has 0 saturated heterocycles. The SMILES string of the molecule is CC(C)(C)S(=O)N=C1CC(c2ccccc2)Oc2ccc([N+](=O)[O-])cc21. The van der Waals surface area contributed by atoms with Crippen molar-refractivity contribution in [3.63, 3.8) is 0 Å². The molecule has 0 bridgehead atoms. The van der Waals surface area contributed by atoms with Crippen LogP contribution in [0, 0.1) is 10.1 Å². The molecule has 136 valence electrons. The van der Waals surface area contributed by atoms with Crippen molar-refractivity contribution in [3.8, 4) is 5.75 Å². The van der Waals surface area contributed by atoms with Crippen LogP contribution in [-0.2, 0) is 11.0 Å². The third kappa shape index (κ3) is 3.83. The van der Waals surface area contributed by atoms with Crippen molar-refractivity contribution in [1.82, 2.24) is 0 Å². The van der Waals surface area contributed by atoms with Gasteiger partial charge >= 0.3 is 0 Å². The Morgan fingerprint density at radius 3 is 2.50 bits per heavy atom. The third-order valence-electron chi connectivity index (χ3n) is 4.02. The molecule has 2 aromatic carbocycles. The van der Waals surface area contributed by atoms with Gasteiger partial charge in [-0.3, -0.25) is 10.1 Å². The van der Waals surface area contributed by atoms with Gasteiger partial charge in [0.05, 0.1) is 15.4 Å². The summed E-state index contributed by atoms with van der Waals surface area (Å²) in [5.74, 6) is 0.514. The predicted molar refractivity (Wildman–Crippen MR) is 102 cm³/mol. The fourth-order valence-corrected chi connectivity index (χ4v) is 3.26. The van der Waals surface area contributed by atoms with Crippen LogP contribution in [0.5, 0.6) is 5.75 Å². The van der Waals surface area contributed by atoms with Crippen molar-refractivity contribution in [3.05, 3.63) is 69.8 Å². The number of ether oxygens (including phenoxy) is 1. The Morgan fingerprint density at radius 2 is 1.88 bits per heavy atom. The van der Waals surface area contributed by atoms with Crippen LogP contribution < -0.4 is 4.74 Å². The van der Waals surface area contributed by atoms with Crippen LogP contribution in [0.4, 0.5) is 5.69 Å². The van der Waals surface area contributed by atoms with E-state index in [0.29, 0.717) is 23.4 Å². The molecule has 1 aliphatic heterocycles. The van der Waals surface area contributed by atoms with E-state index in [1.165, 1.54) is 12.1 Å². The zero-order valence-electron chi connectivity index (χ0n) is 14.8. The van der Waals surface area contributed by atoms with Gasteiger partial charge in [-0.25, -0.2) is 4.21 Å². The Morgan fingerprint density at radius 1 is 1.19 bits per heavy atom. The Labute approximate surface area is 154 Å². The second kappa shape index (κ2) is 6.99. The van der Waals surface area contributed by atoms with E-state index < -0.39 is 20.7 Å². The molecular formula is C19H20N2O4S. The third-order valence-corrected chi connectivity index (χ3v) is 5.46. The number of non-ortho nitro benzene ring substituents is 1. The van der Waals surface area contributed by atoms with Crippen LogP contribution >= 0.6 is 0 Å². The van der Waals surface area contributed by atoms with E-state index in [0.717, 1.165) is 5.56 Å². The maximum Gasteiger partial charge on any atom is 0.270 e. The zero-order valence-corrected chi connectivity index (χ0v) is 15.7. The molecule has 0 saturated carbocycles. The smallest absolute Gasteiger partial charge is 0.270 e. The van der Waals surface area contributed by atoms with Crippen LogP contribution in [0.1, 0.15) is 44.4 Å². The summed E-state index contributed by atoms with van der Waals surface area (Å²) in [6.45, 7) is 5.53. The zero-order chi connectivity index (χ0) is 18.9. The van der Waals surface area contributed by atoms with Crippen molar-refractivity contribution >= 4 is 22.4 Å². The molecule has 0 aliphatic carbocycles. The summed E-state index contributed by atoms with van der Waals surface area (Å²) in [5, 5.41) is 11.1. The highest BCUT2D eigenvalue weighted by atomic mass is 32.2. The molecule has 0 N–H and O–H groups in total. The lowest BCUT2D eigenvalue weighted by Gasteiger charge is -2.28. The van der Waals surface area contributed by atoms with E-state index in [1.807, 2.05) is 51.1 Å². The summed E-state index contributed by atoms with van der Waals surface area (Å²) < 4.78 is 22.5. The molecule has 26 heavy (non-hydrogen) atoms. The van der Waals surface area contributed by atoms with E-state index >= 15 is 0 Å². The number of nitro benzene ring substituents is 1. The molecule has 3 rings (SSSR count). The first kappa shape index (κ1) is 18.3. The van der Waals surface area contributed by atoms with Gasteiger partial charge in [0.25, 0.3) is 5.69 Å². The minimum atomic E-state index is -1.47. The fraction of sp³-hybridized carbons (Fsp3) is 0.316. The summed E-state index contributed by atoms with van der Waals surface area (Å²) in [6.07, 6.45) is 0.126. The summed E-state index contributed by atoms with van der Waals surface area (Å²) in [5.41, 5.74) is 2.03. The topological polar surface area (TPSA) is 81.8 Å². The molecule has 2 unspecified atom stereocenters. The number of rotatable bonds is 3. The van der Waals surface area contributed by atoms with Crippen LogP contribution in [0.25, 0.3) is 0 Å². The lowest BCUT2D eigenvalue weighted by Crippen LogP contribution is -2.25. The highest BCUT2D eigenvalue weighted by Crippen LogP contribution is 2.37. The van der Waals surface area contributed by atoms with E-state index in [1.54, 1.807) is 6.07 Å². The maximum atomic E-state index is 12.6. The van der Waals surface area contributed by atoms with Gasteiger partial charge in [-0.15, -0.1) is 0 Å². The van der Waals surface area contributed by atoms with Gasteiger partial charge in [-0.05, 0) is 32.4 Å². The Bertz CT molecular complexity index is 888. The first-order valence-electron chi connectivity index (χ1n) is 8.25. The Kier molecular flexibility index (Phi) is 4.91. The second-order valence-electron chi connectivity index (χ2n) is 7.06. The summed E-state index contributed by atoms with van der Waals surface area (Å²) in [6, 6.07) is 14.1. The molecule has 6 nitrogen and oxygen atoms in total. The first-order valence-corrected chi connectivity index (χ1v) is 9.36. The van der Waals surface area contributed by atoms with Crippen molar-refractivity contribution in [2.45, 2.75) is 38.0 Å². The average molecular weight is 372 g/mol. The molecule has 0 amide bonds. The predicted octanol–water partition coefficient (Wildman–Crippen LogP) is 4.37. The Balaban J connectivity index is 2.08. The number of nitrogens with zero attached hydrogens (tertiary/aromatic N) is 2. The normalized spacial score (nSPS) is 19.5. The first-order chi connectivity index (χ1) is 12.3. The van der Waals surface area contributed by atoms with Gasteiger partial charge in [-0.1, -0.05) is 30.3 Å². The van der Waals surface area contributed by atoms with Crippen LogP contribution in [0.3, 0.4) is 0 Å². The lowest BCUT2D eigenvalue weighted by atomic mass is 9.95. The number of hydrogen-bond donors (Lipinski definition) is 0. The lowest BCUT2D eigenvalue weighted by molar-refractivity contribution is -0.384. The van der Waals surface area contributed by atoms with Crippen molar-refractivity contribution < 1.29 is 13.9 Å². The second-order valence-corrected chi connectivity index (χ2v) is 8.96. The highest BCUT2D eigenvalue weighted by molar-refractivity contribution is 7.85. The Hall–Kier alpha value is -2.54. The highest BCUT2D eigenvalue weighted by Gasteiger charge is 2.30. The van der Waals surface area contributed by atoms with Gasteiger partial charge in [0, 0.05) is 24.1 Å². The number of hydrogen-bond acceptors (Lipinski definition) is 4. The quantitative estimate of drug-likeness (QED) is 0.592. The average Bonchev–Trinajstić information content (AvgIpc) is 2.61. The summed E-state index contributed by atoms with van der Waals surface area (Å²) in [7, 11) is -1.47. The molecule has 2 atom stereocenters. The number of fused-ring (bicyclic) bond motifs is 1. The monoisotopic (exact) mass is 372 g/mol. The van der Waals surface area contributed by atoms with Gasteiger partial charge in [0.1, 0.15) is 22.8 Å². The summed E-state index contributed by atoms with van der Waals surface area (Å²) in [4.78, 5) is 10.7. The molecular weight excluding hydrogens is 352 g/mol. The molecule has 0 aromatic heterocycles. The van der Waals surface area contributed by atoms with E-state index in [9.17, 15) is 14.3 Å². The summed E-state index contributed by atoms with van der Waals surface area (Å²) >= 11 is 0. The van der Waals surface area contributed by atoms with Crippen LogP contribution in [0.2, 0.25) is 0 Å². The van der Waals surface area contributed by atoms with Crippen LogP contribution in [-0.4, -0.2) is 19.6 Å². The fourth-order valence-electron chi connectivity index (χ4n) is 2.62. The number of benzene rings is 2. The van der Waals surface area contributed by atoms with Gasteiger partial charge in [0.15, 0.2) is 0 Å². The minimum Gasteiger partial charge on any atom is -0.485 e. The van der Waals surface area contributed by atoms with Crippen LogP contribution in [0.15, 0.2) is 52.9 Å². The van der Waals surface area contributed by atoms with E-state index in [4.69, 9.17) is 4.74 Å². The van der Waals surface area contributed by atoms with Gasteiger partial charge < -0.3 is 4.74 Å². The molecule has 7 heteroatoms. The standard InChI is InChI=1S/C19H20N2O4S/c1-19(2,3)26(24)20-16-12-18(13-7-5-4-6-8-13)25-17-10-9-14(21(22)23)11-15(16)17/h4-11,18H,12H2,1-3H3. The molecule has 2 aromatic rings. The minimum absolute atomic E-state index is 0.0419. The van der Waals surface area contributed by atoms with Crippen molar-refractivity contribution in [2.75, 3.05) is 0 Å². The molecule has 0 spiro atoms. The molecule has 1 aliphatic rings. The van der Waals surface area contributed by atoms with Gasteiger partial charge in [0.2, 0.25) is 0 Å². The maximum absolute atomic E-state index is 12.6. The van der Waals surface area contributed by atoms with E-state index in [2.05, 4.69) is 4.40 Å². The van der Waals surface area contributed by atoms with Gasteiger partial charge in [-0.2, -0.15) is 4.40 Å². The van der Waals surface area contributed by atoms with E-state index in [-0.39, 0.29) is 11.8 Å². The van der Waals surface area contributed by atoms with Crippen molar-refractivity contribution in [2.24, 2.45) is 4.40 Å². The largest absolute Gasteiger partial charge is 0.485 e. The molecule has 1 heterocycles. The van der Waals surface area contributed by atoms with Crippen molar-refractivity contribution in [1.29, 1.82) is 0 Å². The number of nitro groups is 1.